The van der Waals surface area contributed by atoms with E-state index in [4.69, 9.17) is 10.5 Å². The van der Waals surface area contributed by atoms with Gasteiger partial charge in [-0.1, -0.05) is 12.2 Å². The zero-order valence-electron chi connectivity index (χ0n) is 18.6. The number of hydrogen-bond donors (Lipinski definition) is 3. The molecule has 1 aliphatic rings. The smallest absolute Gasteiger partial charge is 0.408 e. The van der Waals surface area contributed by atoms with E-state index in [9.17, 15) is 19.2 Å². The van der Waals surface area contributed by atoms with Gasteiger partial charge in [0.05, 0.1) is 12.6 Å². The molecule has 176 valence electrons. The Labute approximate surface area is 191 Å². The van der Waals surface area contributed by atoms with E-state index >= 15 is 0 Å². The van der Waals surface area contributed by atoms with Gasteiger partial charge in [-0.2, -0.15) is 0 Å². The largest absolute Gasteiger partial charge is 0.444 e. The zero-order chi connectivity index (χ0) is 23.7. The van der Waals surface area contributed by atoms with Gasteiger partial charge in [0.25, 0.3) is 0 Å². The fraction of sp³-hybridized carbons (Fsp3) is 0.571. The standard InChI is InChI=1S/C21H31N5O5S/c1-21(2,3)31-20(30)25-15-7-4-5-11-26(19(15)29)13-16(27)24-14(8-6-9-22)17(28)18-23-10-12-32-18/h4,7,10,12,14-15H,5-6,8-9,11,13,22H2,1-3H3,(H,24,27)(H,25,30)/t14-,15?/m0/s1. The van der Waals surface area contributed by atoms with Crippen LogP contribution in [-0.4, -0.2) is 70.9 Å². The molecule has 0 saturated carbocycles. The quantitative estimate of drug-likeness (QED) is 0.367. The lowest BCUT2D eigenvalue weighted by atomic mass is 10.1. The maximum Gasteiger partial charge on any atom is 0.408 e. The predicted molar refractivity (Wildman–Crippen MR) is 120 cm³/mol. The molecule has 32 heavy (non-hydrogen) atoms. The molecule has 2 rings (SSSR count). The minimum absolute atomic E-state index is 0.239. The molecule has 0 aromatic carbocycles. The summed E-state index contributed by atoms with van der Waals surface area (Å²) in [6, 6.07) is -1.71. The summed E-state index contributed by atoms with van der Waals surface area (Å²) in [5.74, 6) is -1.18. The molecule has 3 amide bonds. The lowest BCUT2D eigenvalue weighted by Gasteiger charge is -2.26. The molecule has 2 atom stereocenters. The van der Waals surface area contributed by atoms with Gasteiger partial charge in [-0.25, -0.2) is 9.78 Å². The summed E-state index contributed by atoms with van der Waals surface area (Å²) >= 11 is 1.20. The average molecular weight is 466 g/mol. The molecule has 10 nitrogen and oxygen atoms in total. The fourth-order valence-corrected chi connectivity index (χ4v) is 3.68. The van der Waals surface area contributed by atoms with Gasteiger partial charge in [-0.15, -0.1) is 11.3 Å². The number of nitrogens with two attached hydrogens (primary N) is 1. The molecule has 1 aromatic heterocycles. The molecule has 0 radical (unpaired) electrons. The highest BCUT2D eigenvalue weighted by atomic mass is 32.1. The van der Waals surface area contributed by atoms with Gasteiger partial charge >= 0.3 is 6.09 Å². The number of nitrogens with one attached hydrogen (secondary N) is 2. The molecule has 0 spiro atoms. The lowest BCUT2D eigenvalue weighted by molar-refractivity contribution is -0.136. The Morgan fingerprint density at radius 3 is 2.75 bits per heavy atom. The minimum atomic E-state index is -0.940. The maximum atomic E-state index is 12.9. The SMILES string of the molecule is CC(C)(C)OC(=O)NC1C=CCCN(CC(=O)N[C@@H](CCCN)C(=O)c2nccs2)C1=O. The molecule has 4 N–H and O–H groups in total. The van der Waals surface area contributed by atoms with Crippen LogP contribution < -0.4 is 16.4 Å². The van der Waals surface area contributed by atoms with Crippen molar-refractivity contribution in [3.63, 3.8) is 0 Å². The summed E-state index contributed by atoms with van der Waals surface area (Å²) in [5.41, 5.74) is 4.86. The van der Waals surface area contributed by atoms with Crippen molar-refractivity contribution < 1.29 is 23.9 Å². The van der Waals surface area contributed by atoms with Crippen LogP contribution in [0.25, 0.3) is 0 Å². The van der Waals surface area contributed by atoms with Crippen LogP contribution in [0.2, 0.25) is 0 Å². The molecule has 0 aliphatic carbocycles. The number of hydrogen-bond acceptors (Lipinski definition) is 8. The third kappa shape index (κ3) is 8.04. The number of thiazole rings is 1. The molecule has 0 saturated heterocycles. The van der Waals surface area contributed by atoms with E-state index in [1.54, 1.807) is 38.3 Å². The first kappa shape index (κ1) is 25.5. The second-order valence-electron chi connectivity index (χ2n) is 8.35. The third-order valence-electron chi connectivity index (χ3n) is 4.47. The Hall–Kier alpha value is -2.79. The molecule has 2 heterocycles. The Morgan fingerprint density at radius 2 is 2.12 bits per heavy atom. The van der Waals surface area contributed by atoms with Crippen LogP contribution in [0, 0.1) is 0 Å². The van der Waals surface area contributed by atoms with Crippen molar-refractivity contribution in [2.75, 3.05) is 19.6 Å². The van der Waals surface area contributed by atoms with Crippen LogP contribution >= 0.6 is 11.3 Å². The predicted octanol–water partition coefficient (Wildman–Crippen LogP) is 1.23. The summed E-state index contributed by atoms with van der Waals surface area (Å²) < 4.78 is 5.21. The molecular formula is C21H31N5O5S. The van der Waals surface area contributed by atoms with E-state index in [0.29, 0.717) is 37.4 Å². The van der Waals surface area contributed by atoms with Gasteiger partial charge < -0.3 is 26.0 Å². The van der Waals surface area contributed by atoms with Crippen LogP contribution in [0.5, 0.6) is 0 Å². The minimum Gasteiger partial charge on any atom is -0.444 e. The zero-order valence-corrected chi connectivity index (χ0v) is 19.4. The number of aromatic nitrogens is 1. The van der Waals surface area contributed by atoms with E-state index in [1.807, 2.05) is 0 Å². The molecule has 0 bridgehead atoms. The van der Waals surface area contributed by atoms with E-state index in [-0.39, 0.29) is 12.3 Å². The van der Waals surface area contributed by atoms with E-state index < -0.39 is 35.6 Å². The molecule has 1 unspecified atom stereocenters. The van der Waals surface area contributed by atoms with Gasteiger partial charge in [0.1, 0.15) is 11.6 Å². The number of ether oxygens (including phenoxy) is 1. The highest BCUT2D eigenvalue weighted by Crippen LogP contribution is 2.12. The first-order valence-corrected chi connectivity index (χ1v) is 11.4. The maximum absolute atomic E-state index is 12.9. The number of nitrogens with zero attached hydrogens (tertiary/aromatic N) is 2. The van der Waals surface area contributed by atoms with Gasteiger partial charge in [-0.05, 0) is 46.6 Å². The van der Waals surface area contributed by atoms with Crippen molar-refractivity contribution >= 4 is 35.0 Å². The van der Waals surface area contributed by atoms with Gasteiger partial charge in [-0.3, -0.25) is 14.4 Å². The first-order chi connectivity index (χ1) is 15.1. The summed E-state index contributed by atoms with van der Waals surface area (Å²) in [5, 5.41) is 7.24. The number of Topliss-reactive ketones (excluding diaryl/α,β-unsaturated/α-hetero) is 1. The average Bonchev–Trinajstić information content (AvgIpc) is 3.19. The van der Waals surface area contributed by atoms with Crippen LogP contribution in [-0.2, 0) is 14.3 Å². The van der Waals surface area contributed by atoms with E-state index in [1.165, 1.54) is 22.4 Å². The third-order valence-corrected chi connectivity index (χ3v) is 5.26. The summed E-state index contributed by atoms with van der Waals surface area (Å²) in [6.07, 6.45) is 5.62. The number of ketones is 1. The highest BCUT2D eigenvalue weighted by molar-refractivity contribution is 7.11. The van der Waals surface area contributed by atoms with E-state index in [2.05, 4.69) is 15.6 Å². The van der Waals surface area contributed by atoms with Gasteiger partial charge in [0.15, 0.2) is 5.01 Å². The Balaban J connectivity index is 2.00. The molecule has 1 aliphatic heterocycles. The summed E-state index contributed by atoms with van der Waals surface area (Å²) in [7, 11) is 0. The van der Waals surface area contributed by atoms with Crippen LogP contribution in [0.4, 0.5) is 4.79 Å². The molecule has 0 fully saturated rings. The first-order valence-electron chi connectivity index (χ1n) is 10.5. The number of amides is 3. The van der Waals surface area contributed by atoms with Crippen LogP contribution in [0.1, 0.15) is 49.8 Å². The molecular weight excluding hydrogens is 434 g/mol. The number of alkyl carbamates (subject to hydrolysis) is 1. The number of carbonyl (C=O) groups is 4. The van der Waals surface area contributed by atoms with Crippen molar-refractivity contribution in [3.05, 3.63) is 28.7 Å². The van der Waals surface area contributed by atoms with Crippen molar-refractivity contribution in [1.29, 1.82) is 0 Å². The molecule has 11 heteroatoms. The Morgan fingerprint density at radius 1 is 1.38 bits per heavy atom. The normalized spacial score (nSPS) is 17.4. The van der Waals surface area contributed by atoms with Crippen molar-refractivity contribution in [2.24, 2.45) is 5.73 Å². The van der Waals surface area contributed by atoms with Crippen molar-refractivity contribution in [2.45, 2.75) is 57.7 Å². The Bertz CT molecular complexity index is 834. The Kier molecular flexibility index (Phi) is 9.33. The summed E-state index contributed by atoms with van der Waals surface area (Å²) in [6.45, 7) is 5.62. The van der Waals surface area contributed by atoms with Crippen molar-refractivity contribution in [3.8, 4) is 0 Å². The van der Waals surface area contributed by atoms with Crippen molar-refractivity contribution in [1.82, 2.24) is 20.5 Å². The second-order valence-corrected chi connectivity index (χ2v) is 9.25. The summed E-state index contributed by atoms with van der Waals surface area (Å²) in [4.78, 5) is 55.7. The highest BCUT2D eigenvalue weighted by Gasteiger charge is 2.30. The number of carbonyl (C=O) groups excluding carboxylic acids is 4. The lowest BCUT2D eigenvalue weighted by Crippen LogP contribution is -2.52. The van der Waals surface area contributed by atoms with Crippen LogP contribution in [0.3, 0.4) is 0 Å². The topological polar surface area (TPSA) is 144 Å². The van der Waals surface area contributed by atoms with Gasteiger partial charge in [0.2, 0.25) is 17.6 Å². The number of rotatable bonds is 9. The second kappa shape index (κ2) is 11.7. The van der Waals surface area contributed by atoms with Gasteiger partial charge in [0, 0.05) is 18.1 Å². The molecule has 1 aromatic rings. The van der Waals surface area contributed by atoms with E-state index in [0.717, 1.165) is 0 Å². The fourth-order valence-electron chi connectivity index (χ4n) is 3.05. The van der Waals surface area contributed by atoms with Crippen LogP contribution in [0.15, 0.2) is 23.7 Å². The monoisotopic (exact) mass is 465 g/mol.